The van der Waals surface area contributed by atoms with Gasteiger partial charge in [0.1, 0.15) is 0 Å². The second-order valence-electron chi connectivity index (χ2n) is 4.53. The van der Waals surface area contributed by atoms with Gasteiger partial charge in [-0.3, -0.25) is 0 Å². The minimum atomic E-state index is 0.909. The molecular weight excluding hydrogens is 240 g/mol. The van der Waals surface area contributed by atoms with Crippen LogP contribution in [0.15, 0.2) is 41.9 Å². The Morgan fingerprint density at radius 3 is 2.94 bits per heavy atom. The van der Waals surface area contributed by atoms with Gasteiger partial charge in [-0.2, -0.15) is 0 Å². The van der Waals surface area contributed by atoms with E-state index in [2.05, 4.69) is 52.9 Å². The molecule has 92 valence electrons. The molecule has 1 aromatic carbocycles. The first-order valence-corrected chi connectivity index (χ1v) is 7.00. The number of aromatic nitrogens is 1. The van der Waals surface area contributed by atoms with Gasteiger partial charge in [0.05, 0.1) is 0 Å². The second-order valence-corrected chi connectivity index (χ2v) is 5.53. The summed E-state index contributed by atoms with van der Waals surface area (Å²) in [7, 11) is 0. The number of hydrogen-bond acceptors (Lipinski definition) is 2. The molecule has 0 spiro atoms. The standard InChI is InChI=1S/C15H16N2S/c1-11-5-7-18-15(11)10-16-9-12-2-3-13-4-6-17-14(13)8-12/h2-8,16-17H,9-10H2,1H3. The number of nitrogens with one attached hydrogen (secondary N) is 2. The van der Waals surface area contributed by atoms with Gasteiger partial charge < -0.3 is 10.3 Å². The average molecular weight is 256 g/mol. The maximum atomic E-state index is 3.50. The molecule has 0 saturated carbocycles. The number of hydrogen-bond donors (Lipinski definition) is 2. The third-order valence-corrected chi connectivity index (χ3v) is 4.23. The summed E-state index contributed by atoms with van der Waals surface area (Å²) in [6, 6.07) is 10.8. The van der Waals surface area contributed by atoms with Crippen LogP contribution in [0.3, 0.4) is 0 Å². The molecule has 0 aliphatic rings. The largest absolute Gasteiger partial charge is 0.361 e. The molecule has 0 unspecified atom stereocenters. The van der Waals surface area contributed by atoms with E-state index in [1.54, 1.807) is 0 Å². The monoisotopic (exact) mass is 256 g/mol. The normalized spacial score (nSPS) is 11.2. The van der Waals surface area contributed by atoms with Crippen LogP contribution in [0.5, 0.6) is 0 Å². The van der Waals surface area contributed by atoms with Crippen molar-refractivity contribution in [3.8, 4) is 0 Å². The summed E-state index contributed by atoms with van der Waals surface area (Å²) in [5.41, 5.74) is 3.91. The van der Waals surface area contributed by atoms with Crippen molar-refractivity contribution in [1.82, 2.24) is 10.3 Å². The van der Waals surface area contributed by atoms with Crippen LogP contribution in [-0.4, -0.2) is 4.98 Å². The van der Waals surface area contributed by atoms with Gasteiger partial charge in [-0.05, 0) is 47.0 Å². The first-order valence-electron chi connectivity index (χ1n) is 6.12. The van der Waals surface area contributed by atoms with Crippen LogP contribution in [0.2, 0.25) is 0 Å². The Bertz CT molecular complexity index is 651. The SMILES string of the molecule is Cc1ccsc1CNCc1ccc2cc[nH]c2c1. The molecule has 3 rings (SSSR count). The van der Waals surface area contributed by atoms with Crippen LogP contribution in [0.25, 0.3) is 10.9 Å². The molecule has 0 aliphatic heterocycles. The quantitative estimate of drug-likeness (QED) is 0.729. The molecule has 2 aromatic heterocycles. The number of H-pyrrole nitrogens is 1. The number of rotatable bonds is 4. The van der Waals surface area contributed by atoms with Gasteiger partial charge in [0.25, 0.3) is 0 Å². The summed E-state index contributed by atoms with van der Waals surface area (Å²) < 4.78 is 0. The first-order chi connectivity index (χ1) is 8.83. The van der Waals surface area contributed by atoms with E-state index in [4.69, 9.17) is 0 Å². The summed E-state index contributed by atoms with van der Waals surface area (Å²) in [6.07, 6.45) is 1.98. The molecule has 0 atom stereocenters. The Morgan fingerprint density at radius 2 is 2.11 bits per heavy atom. The third kappa shape index (κ3) is 2.33. The zero-order valence-electron chi connectivity index (χ0n) is 10.4. The summed E-state index contributed by atoms with van der Waals surface area (Å²) in [5, 5.41) is 6.92. The van der Waals surface area contributed by atoms with Crippen LogP contribution in [0, 0.1) is 6.92 Å². The van der Waals surface area contributed by atoms with E-state index >= 15 is 0 Å². The highest BCUT2D eigenvalue weighted by molar-refractivity contribution is 7.10. The van der Waals surface area contributed by atoms with Gasteiger partial charge in [0, 0.05) is 29.7 Å². The molecule has 0 bridgehead atoms. The average Bonchev–Trinajstić information content (AvgIpc) is 2.98. The van der Waals surface area contributed by atoms with Gasteiger partial charge in [0.2, 0.25) is 0 Å². The zero-order valence-corrected chi connectivity index (χ0v) is 11.2. The zero-order chi connectivity index (χ0) is 12.4. The van der Waals surface area contributed by atoms with Crippen molar-refractivity contribution in [2.75, 3.05) is 0 Å². The van der Waals surface area contributed by atoms with Crippen LogP contribution in [0.4, 0.5) is 0 Å². The van der Waals surface area contributed by atoms with Crippen molar-refractivity contribution in [1.29, 1.82) is 0 Å². The lowest BCUT2D eigenvalue weighted by molar-refractivity contribution is 0.699. The van der Waals surface area contributed by atoms with E-state index in [1.807, 2.05) is 17.5 Å². The summed E-state index contributed by atoms with van der Waals surface area (Å²) in [6.45, 7) is 4.02. The van der Waals surface area contributed by atoms with Crippen LogP contribution < -0.4 is 5.32 Å². The van der Waals surface area contributed by atoms with Crippen molar-refractivity contribution in [2.24, 2.45) is 0 Å². The van der Waals surface area contributed by atoms with E-state index < -0.39 is 0 Å². The van der Waals surface area contributed by atoms with Gasteiger partial charge >= 0.3 is 0 Å². The molecule has 2 N–H and O–H groups in total. The fourth-order valence-corrected chi connectivity index (χ4v) is 2.99. The minimum Gasteiger partial charge on any atom is -0.361 e. The van der Waals surface area contributed by atoms with Gasteiger partial charge in [0.15, 0.2) is 0 Å². The van der Waals surface area contributed by atoms with Gasteiger partial charge in [-0.25, -0.2) is 0 Å². The van der Waals surface area contributed by atoms with Gasteiger partial charge in [-0.15, -0.1) is 11.3 Å². The maximum absolute atomic E-state index is 3.50. The minimum absolute atomic E-state index is 0.909. The summed E-state index contributed by atoms with van der Waals surface area (Å²) in [4.78, 5) is 4.67. The van der Waals surface area contributed by atoms with E-state index in [0.29, 0.717) is 0 Å². The van der Waals surface area contributed by atoms with E-state index in [0.717, 1.165) is 13.1 Å². The Hall–Kier alpha value is -1.58. The number of benzene rings is 1. The van der Waals surface area contributed by atoms with Gasteiger partial charge in [-0.1, -0.05) is 12.1 Å². The Balaban J connectivity index is 1.64. The van der Waals surface area contributed by atoms with E-state index in [9.17, 15) is 0 Å². The predicted octanol–water partition coefficient (Wildman–Crippen LogP) is 3.83. The molecule has 0 aliphatic carbocycles. The molecule has 0 fully saturated rings. The number of aromatic amines is 1. The second kappa shape index (κ2) is 4.96. The van der Waals surface area contributed by atoms with E-state index in [1.165, 1.54) is 26.9 Å². The molecule has 0 radical (unpaired) electrons. The Labute approximate surface area is 111 Å². The molecule has 3 aromatic rings. The van der Waals surface area contributed by atoms with Crippen molar-refractivity contribution in [3.63, 3.8) is 0 Å². The molecular formula is C15H16N2S. The van der Waals surface area contributed by atoms with Crippen LogP contribution >= 0.6 is 11.3 Å². The number of aryl methyl sites for hydroxylation is 1. The molecule has 3 heteroatoms. The number of fused-ring (bicyclic) bond motifs is 1. The molecule has 18 heavy (non-hydrogen) atoms. The van der Waals surface area contributed by atoms with Crippen molar-refractivity contribution < 1.29 is 0 Å². The summed E-state index contributed by atoms with van der Waals surface area (Å²) in [5.74, 6) is 0. The predicted molar refractivity (Wildman–Crippen MR) is 77.9 cm³/mol. The number of thiophene rings is 1. The fraction of sp³-hybridized carbons (Fsp3) is 0.200. The van der Waals surface area contributed by atoms with Crippen LogP contribution in [-0.2, 0) is 13.1 Å². The molecule has 0 saturated heterocycles. The topological polar surface area (TPSA) is 27.8 Å². The highest BCUT2D eigenvalue weighted by Gasteiger charge is 2.00. The third-order valence-electron chi connectivity index (χ3n) is 3.20. The Kier molecular flexibility index (Phi) is 3.17. The molecule has 2 nitrogen and oxygen atoms in total. The molecule has 2 heterocycles. The lowest BCUT2D eigenvalue weighted by Gasteiger charge is -2.05. The lowest BCUT2D eigenvalue weighted by atomic mass is 10.1. The van der Waals surface area contributed by atoms with Crippen molar-refractivity contribution in [3.05, 3.63) is 57.9 Å². The molecule has 0 amide bonds. The Morgan fingerprint density at radius 1 is 1.17 bits per heavy atom. The fourth-order valence-electron chi connectivity index (χ4n) is 2.11. The maximum Gasteiger partial charge on any atom is 0.0457 e. The lowest BCUT2D eigenvalue weighted by Crippen LogP contribution is -2.12. The van der Waals surface area contributed by atoms with Crippen molar-refractivity contribution in [2.45, 2.75) is 20.0 Å². The highest BCUT2D eigenvalue weighted by atomic mass is 32.1. The highest BCUT2D eigenvalue weighted by Crippen LogP contribution is 2.16. The van der Waals surface area contributed by atoms with Crippen LogP contribution in [0.1, 0.15) is 16.0 Å². The van der Waals surface area contributed by atoms with Crippen molar-refractivity contribution >= 4 is 22.2 Å². The smallest absolute Gasteiger partial charge is 0.0457 e. The first kappa shape index (κ1) is 11.5. The summed E-state index contributed by atoms with van der Waals surface area (Å²) >= 11 is 1.82. The van der Waals surface area contributed by atoms with E-state index in [-0.39, 0.29) is 0 Å².